The predicted molar refractivity (Wildman–Crippen MR) is 137 cm³/mol. The monoisotopic (exact) mass is 580 g/mol. The molecule has 0 fully saturated rings. The van der Waals surface area contributed by atoms with Gasteiger partial charge in [-0.2, -0.15) is 18.2 Å². The third kappa shape index (κ3) is 5.54. The quantitative estimate of drug-likeness (QED) is 0.294. The van der Waals surface area contributed by atoms with E-state index in [-0.39, 0.29) is 28.5 Å². The van der Waals surface area contributed by atoms with Gasteiger partial charge < -0.3 is 9.26 Å². The summed E-state index contributed by atoms with van der Waals surface area (Å²) in [7, 11) is -3.82. The fourth-order valence-electron chi connectivity index (χ4n) is 3.82. The third-order valence-corrected chi connectivity index (χ3v) is 7.86. The summed E-state index contributed by atoms with van der Waals surface area (Å²) in [6.45, 7) is 6.31. The molecule has 0 amide bonds. The van der Waals surface area contributed by atoms with Gasteiger partial charge in [-0.1, -0.05) is 31.1 Å². The number of rotatable bonds is 7. The summed E-state index contributed by atoms with van der Waals surface area (Å²) < 4.78 is 77.4. The van der Waals surface area contributed by atoms with Crippen LogP contribution in [0.25, 0.3) is 16.2 Å². The van der Waals surface area contributed by atoms with Crippen molar-refractivity contribution in [3.63, 3.8) is 0 Å². The Bertz CT molecular complexity index is 1670. The van der Waals surface area contributed by atoms with Crippen LogP contribution in [0.4, 0.5) is 19.2 Å². The number of sulfone groups is 1. The number of anilines is 1. The molecule has 4 heterocycles. The number of ether oxygens (including phenoxy) is 1. The first-order valence-corrected chi connectivity index (χ1v) is 14.4. The van der Waals surface area contributed by atoms with Crippen LogP contribution in [-0.4, -0.2) is 52.1 Å². The van der Waals surface area contributed by atoms with Gasteiger partial charge in [-0.3, -0.25) is 4.90 Å². The molecule has 1 aliphatic rings. The van der Waals surface area contributed by atoms with Crippen molar-refractivity contribution in [3.8, 4) is 16.5 Å². The smallest absolute Gasteiger partial charge is 0.417 e. The van der Waals surface area contributed by atoms with Crippen LogP contribution in [0.3, 0.4) is 0 Å². The molecule has 0 bridgehead atoms. The van der Waals surface area contributed by atoms with Gasteiger partial charge in [-0.05, 0) is 42.0 Å². The van der Waals surface area contributed by atoms with Crippen LogP contribution < -0.4 is 9.64 Å². The number of halogens is 3. The molecule has 0 N–H and O–H groups in total. The van der Waals surface area contributed by atoms with E-state index in [4.69, 9.17) is 9.26 Å². The van der Waals surface area contributed by atoms with Gasteiger partial charge in [-0.25, -0.2) is 17.9 Å². The second-order valence-electron chi connectivity index (χ2n) is 9.22. The van der Waals surface area contributed by atoms with E-state index in [0.29, 0.717) is 29.4 Å². The summed E-state index contributed by atoms with van der Waals surface area (Å²) in [5.41, 5.74) is -0.427. The molecule has 3 aromatic heterocycles. The lowest BCUT2D eigenvalue weighted by atomic mass is 10.0. The summed E-state index contributed by atoms with van der Waals surface area (Å²) in [6, 6.07) is 3.26. The summed E-state index contributed by atoms with van der Waals surface area (Å²) in [5, 5.41) is 8.56. The number of fused-ring (bicyclic) bond motifs is 1. The van der Waals surface area contributed by atoms with Crippen molar-refractivity contribution in [3.05, 3.63) is 59.7 Å². The van der Waals surface area contributed by atoms with Crippen molar-refractivity contribution >= 4 is 32.1 Å². The van der Waals surface area contributed by atoms with Crippen molar-refractivity contribution in [1.82, 2.24) is 24.7 Å². The topological polar surface area (TPSA) is 116 Å². The number of nitrogens with zero attached hydrogens (tertiary/aromatic N) is 6. The van der Waals surface area contributed by atoms with Gasteiger partial charge in [0.2, 0.25) is 4.96 Å². The maximum atomic E-state index is 13.7. The Balaban J connectivity index is 1.31. The van der Waals surface area contributed by atoms with Crippen molar-refractivity contribution in [1.29, 1.82) is 0 Å². The highest BCUT2D eigenvalue weighted by Gasteiger charge is 2.35. The minimum atomic E-state index is -4.78. The fraction of sp³-hybridized carbons (Fsp3) is 0.333. The molecule has 15 heteroatoms. The zero-order chi connectivity index (χ0) is 28.1. The number of benzene rings is 1. The molecule has 1 atom stereocenters. The maximum absolute atomic E-state index is 13.7. The normalized spacial score (nSPS) is 15.3. The van der Waals surface area contributed by atoms with Gasteiger partial charge in [0.1, 0.15) is 6.10 Å². The third-order valence-electron chi connectivity index (χ3n) is 5.94. The van der Waals surface area contributed by atoms with Crippen molar-refractivity contribution in [2.45, 2.75) is 43.9 Å². The minimum Gasteiger partial charge on any atom is -0.461 e. The molecule has 4 aromatic rings. The molecule has 1 aliphatic heterocycles. The average Bonchev–Trinajstić information content (AvgIpc) is 3.58. The van der Waals surface area contributed by atoms with E-state index >= 15 is 0 Å². The molecule has 39 heavy (non-hydrogen) atoms. The summed E-state index contributed by atoms with van der Waals surface area (Å²) in [5.74, 6) is 0.778. The van der Waals surface area contributed by atoms with Gasteiger partial charge >= 0.3 is 12.2 Å². The second kappa shape index (κ2) is 9.79. The van der Waals surface area contributed by atoms with Gasteiger partial charge in [-0.15, -0.1) is 5.10 Å². The SMILES string of the molecule is CC(Oc1nn2cc(-c3ccc(S(C)(=O)=O)cc3C(F)(F)F)nc2s1)C1=CCN(c2nc(C(C)C)no2)C=C1. The number of alkyl halides is 3. The molecule has 5 rings (SSSR count). The van der Waals surface area contributed by atoms with Crippen LogP contribution in [0.1, 0.15) is 38.1 Å². The average molecular weight is 581 g/mol. The molecular weight excluding hydrogens is 557 g/mol. The Morgan fingerprint density at radius 3 is 2.54 bits per heavy atom. The lowest BCUT2D eigenvalue weighted by Crippen LogP contribution is -2.23. The number of imidazole rings is 1. The first-order chi connectivity index (χ1) is 18.3. The van der Waals surface area contributed by atoms with E-state index in [2.05, 4.69) is 20.2 Å². The van der Waals surface area contributed by atoms with Gasteiger partial charge in [0.15, 0.2) is 15.7 Å². The molecule has 0 radical (unpaired) electrons. The highest BCUT2D eigenvalue weighted by atomic mass is 32.2. The number of hydrogen-bond acceptors (Lipinski definition) is 10. The van der Waals surface area contributed by atoms with E-state index in [9.17, 15) is 21.6 Å². The maximum Gasteiger partial charge on any atom is 0.417 e. The van der Waals surface area contributed by atoms with E-state index in [0.717, 1.165) is 35.3 Å². The zero-order valence-electron chi connectivity index (χ0n) is 21.2. The predicted octanol–water partition coefficient (Wildman–Crippen LogP) is 5.11. The van der Waals surface area contributed by atoms with E-state index in [1.165, 1.54) is 10.7 Å². The van der Waals surface area contributed by atoms with Gasteiger partial charge in [0.25, 0.3) is 5.19 Å². The van der Waals surface area contributed by atoms with Crippen molar-refractivity contribution in [2.24, 2.45) is 0 Å². The van der Waals surface area contributed by atoms with Gasteiger partial charge in [0.05, 0.1) is 22.3 Å². The molecule has 10 nitrogen and oxygen atoms in total. The molecule has 0 saturated carbocycles. The molecule has 206 valence electrons. The Morgan fingerprint density at radius 1 is 1.18 bits per heavy atom. The Hall–Kier alpha value is -3.72. The number of hydrogen-bond donors (Lipinski definition) is 0. The summed E-state index contributed by atoms with van der Waals surface area (Å²) in [6.07, 6.45) is 2.70. The molecule has 1 unspecified atom stereocenters. The van der Waals surface area contributed by atoms with E-state index < -0.39 is 26.5 Å². The number of aromatic nitrogens is 5. The van der Waals surface area contributed by atoms with Crippen LogP contribution in [0.15, 0.2) is 57.7 Å². The molecule has 0 spiro atoms. The summed E-state index contributed by atoms with van der Waals surface area (Å²) in [4.78, 5) is 10.4. The van der Waals surface area contributed by atoms with Crippen LogP contribution in [-0.2, 0) is 16.0 Å². The molecule has 0 saturated heterocycles. The van der Waals surface area contributed by atoms with E-state index in [1.807, 2.05) is 44.0 Å². The second-order valence-corrected chi connectivity index (χ2v) is 12.2. The lowest BCUT2D eigenvalue weighted by Gasteiger charge is -2.21. The zero-order valence-corrected chi connectivity index (χ0v) is 22.8. The van der Waals surface area contributed by atoms with Crippen LogP contribution in [0.5, 0.6) is 5.19 Å². The highest BCUT2D eigenvalue weighted by Crippen LogP contribution is 2.39. The summed E-state index contributed by atoms with van der Waals surface area (Å²) >= 11 is 1.08. The minimum absolute atomic E-state index is 0.0142. The first kappa shape index (κ1) is 26.9. The van der Waals surface area contributed by atoms with Gasteiger partial charge in [0, 0.05) is 30.5 Å². The van der Waals surface area contributed by atoms with Crippen LogP contribution in [0.2, 0.25) is 0 Å². The van der Waals surface area contributed by atoms with Crippen molar-refractivity contribution < 1.29 is 30.8 Å². The highest BCUT2D eigenvalue weighted by molar-refractivity contribution is 7.90. The Kier molecular flexibility index (Phi) is 6.74. The lowest BCUT2D eigenvalue weighted by molar-refractivity contribution is -0.137. The standard InChI is InChI=1S/C24H23F3N6O4S2/c1-13(2)20-29-21(37-31-20)32-9-7-15(8-10-32)14(3)36-23-30-33-12-19(28-22(33)38-23)17-6-5-16(39(4,34)35)11-18(17)24(25,26)27/h5-9,11-14H,10H2,1-4H3. The Labute approximate surface area is 225 Å². The van der Waals surface area contributed by atoms with Crippen LogP contribution in [0, 0.1) is 0 Å². The Morgan fingerprint density at radius 2 is 1.95 bits per heavy atom. The molecule has 0 aliphatic carbocycles. The largest absolute Gasteiger partial charge is 0.461 e. The first-order valence-electron chi connectivity index (χ1n) is 11.7. The van der Waals surface area contributed by atoms with Crippen LogP contribution >= 0.6 is 11.3 Å². The molecule has 1 aromatic carbocycles. The molecular formula is C24H23F3N6O4S2. The van der Waals surface area contributed by atoms with E-state index in [1.54, 1.807) is 0 Å². The fourth-order valence-corrected chi connectivity index (χ4v) is 5.28. The van der Waals surface area contributed by atoms with Crippen molar-refractivity contribution in [2.75, 3.05) is 17.7 Å².